The lowest BCUT2D eigenvalue weighted by Gasteiger charge is -2.21. The Hall–Kier alpha value is -0.570. The van der Waals surface area contributed by atoms with Crippen LogP contribution in [0.15, 0.2) is 0 Å². The Morgan fingerprint density at radius 3 is 2.21 bits per heavy atom. The highest BCUT2D eigenvalue weighted by Gasteiger charge is 2.17. The minimum absolute atomic E-state index is 0.0537. The van der Waals surface area contributed by atoms with E-state index in [9.17, 15) is 4.79 Å². The number of amides is 1. The van der Waals surface area contributed by atoms with Gasteiger partial charge in [0, 0.05) is 18.5 Å². The van der Waals surface area contributed by atoms with Crippen molar-refractivity contribution < 1.29 is 4.79 Å². The zero-order valence-corrected chi connectivity index (χ0v) is 10.1. The maximum absolute atomic E-state index is 11.5. The molecule has 3 N–H and O–H groups in total. The van der Waals surface area contributed by atoms with Crippen molar-refractivity contribution in [2.45, 2.75) is 59.5 Å². The summed E-state index contributed by atoms with van der Waals surface area (Å²) in [5.74, 6) is 0.116. The van der Waals surface area contributed by atoms with Gasteiger partial charge in [0.15, 0.2) is 0 Å². The molecule has 0 aromatic heterocycles. The Balaban J connectivity index is 3.83. The molecule has 2 atom stereocenters. The lowest BCUT2D eigenvalue weighted by Crippen LogP contribution is -2.37. The number of hydrogen-bond acceptors (Lipinski definition) is 2. The van der Waals surface area contributed by atoms with E-state index in [-0.39, 0.29) is 23.4 Å². The molecule has 2 unspecified atom stereocenters. The highest BCUT2D eigenvalue weighted by Crippen LogP contribution is 2.17. The van der Waals surface area contributed by atoms with Crippen LogP contribution in [0.1, 0.15) is 47.5 Å². The van der Waals surface area contributed by atoms with E-state index < -0.39 is 0 Å². The van der Waals surface area contributed by atoms with Crippen LogP contribution in [0.25, 0.3) is 0 Å². The van der Waals surface area contributed by atoms with E-state index >= 15 is 0 Å². The third-order valence-electron chi connectivity index (χ3n) is 1.82. The third kappa shape index (κ3) is 8.05. The van der Waals surface area contributed by atoms with E-state index in [0.29, 0.717) is 6.42 Å². The molecule has 0 aromatic carbocycles. The third-order valence-corrected chi connectivity index (χ3v) is 1.82. The predicted octanol–water partition coefficient (Wildman–Crippen LogP) is 1.66. The molecule has 0 rings (SSSR count). The van der Waals surface area contributed by atoms with E-state index in [1.165, 1.54) is 0 Å². The van der Waals surface area contributed by atoms with Crippen LogP contribution in [0.2, 0.25) is 0 Å². The number of rotatable bonds is 4. The first-order valence-electron chi connectivity index (χ1n) is 5.25. The van der Waals surface area contributed by atoms with Gasteiger partial charge in [-0.2, -0.15) is 0 Å². The lowest BCUT2D eigenvalue weighted by molar-refractivity contribution is -0.123. The Kier molecular flexibility index (Phi) is 5.13. The van der Waals surface area contributed by atoms with Gasteiger partial charge in [0.1, 0.15) is 0 Å². The van der Waals surface area contributed by atoms with Crippen molar-refractivity contribution in [1.29, 1.82) is 0 Å². The normalized spacial score (nSPS) is 16.1. The highest BCUT2D eigenvalue weighted by molar-refractivity contribution is 5.76. The van der Waals surface area contributed by atoms with Crippen molar-refractivity contribution in [3.05, 3.63) is 0 Å². The van der Waals surface area contributed by atoms with Crippen molar-refractivity contribution in [3.63, 3.8) is 0 Å². The van der Waals surface area contributed by atoms with E-state index in [4.69, 9.17) is 5.73 Å². The maximum Gasteiger partial charge on any atom is 0.220 e. The molecule has 14 heavy (non-hydrogen) atoms. The second-order valence-electron chi connectivity index (χ2n) is 5.42. The fraction of sp³-hybridized carbons (Fsp3) is 0.909. The van der Waals surface area contributed by atoms with E-state index in [1.807, 2.05) is 13.8 Å². The number of carbonyl (C=O) groups is 1. The van der Waals surface area contributed by atoms with E-state index in [1.54, 1.807) is 0 Å². The molecule has 0 aliphatic heterocycles. The van der Waals surface area contributed by atoms with E-state index in [2.05, 4.69) is 26.1 Å². The van der Waals surface area contributed by atoms with Crippen molar-refractivity contribution in [2.24, 2.45) is 11.1 Å². The second-order valence-corrected chi connectivity index (χ2v) is 5.42. The zero-order valence-electron chi connectivity index (χ0n) is 10.1. The van der Waals surface area contributed by atoms with Crippen LogP contribution in [-0.4, -0.2) is 18.0 Å². The quantitative estimate of drug-likeness (QED) is 0.725. The monoisotopic (exact) mass is 200 g/mol. The van der Waals surface area contributed by atoms with Crippen LogP contribution >= 0.6 is 0 Å². The molecule has 0 heterocycles. The molecule has 0 fully saturated rings. The fourth-order valence-corrected chi connectivity index (χ4v) is 1.42. The first-order chi connectivity index (χ1) is 6.20. The van der Waals surface area contributed by atoms with Gasteiger partial charge in [0.05, 0.1) is 0 Å². The second kappa shape index (κ2) is 5.35. The van der Waals surface area contributed by atoms with Gasteiger partial charge in [0.2, 0.25) is 5.91 Å². The van der Waals surface area contributed by atoms with Gasteiger partial charge in [-0.1, -0.05) is 20.8 Å². The maximum atomic E-state index is 11.5. The molecule has 0 bridgehead atoms. The SMILES string of the molecule is CC(N)CC(C)NC(=O)CC(C)(C)C. The van der Waals surface area contributed by atoms with Gasteiger partial charge < -0.3 is 11.1 Å². The summed E-state index contributed by atoms with van der Waals surface area (Å²) < 4.78 is 0. The molecule has 0 aromatic rings. The molecule has 0 saturated carbocycles. The van der Waals surface area contributed by atoms with Crippen LogP contribution in [-0.2, 0) is 4.79 Å². The fourth-order valence-electron chi connectivity index (χ4n) is 1.42. The minimum Gasteiger partial charge on any atom is -0.354 e. The molecule has 0 aliphatic carbocycles. The first-order valence-corrected chi connectivity index (χ1v) is 5.25. The Labute approximate surface area is 87.4 Å². The molecule has 3 heteroatoms. The Bertz CT molecular complexity index is 182. The summed E-state index contributed by atoms with van der Waals surface area (Å²) >= 11 is 0. The largest absolute Gasteiger partial charge is 0.354 e. The van der Waals surface area contributed by atoms with E-state index in [0.717, 1.165) is 6.42 Å². The molecule has 0 aliphatic rings. The number of carbonyl (C=O) groups excluding carboxylic acids is 1. The Morgan fingerprint density at radius 2 is 1.86 bits per heavy atom. The average molecular weight is 200 g/mol. The highest BCUT2D eigenvalue weighted by atomic mass is 16.1. The molecule has 3 nitrogen and oxygen atoms in total. The number of nitrogens with one attached hydrogen (secondary N) is 1. The molecular weight excluding hydrogens is 176 g/mol. The molecule has 0 spiro atoms. The van der Waals surface area contributed by atoms with Crippen molar-refractivity contribution >= 4 is 5.91 Å². The summed E-state index contributed by atoms with van der Waals surface area (Å²) in [6.07, 6.45) is 1.40. The summed E-state index contributed by atoms with van der Waals surface area (Å²) in [4.78, 5) is 11.5. The van der Waals surface area contributed by atoms with Gasteiger partial charge in [-0.05, 0) is 25.7 Å². The topological polar surface area (TPSA) is 55.1 Å². The van der Waals surface area contributed by atoms with Crippen molar-refractivity contribution in [3.8, 4) is 0 Å². The Morgan fingerprint density at radius 1 is 1.36 bits per heavy atom. The summed E-state index contributed by atoms with van der Waals surface area (Å²) in [5.41, 5.74) is 5.70. The summed E-state index contributed by atoms with van der Waals surface area (Å²) in [5, 5.41) is 2.95. The molecule has 84 valence electrons. The van der Waals surface area contributed by atoms with Crippen molar-refractivity contribution in [2.75, 3.05) is 0 Å². The summed E-state index contributed by atoms with van der Waals surface area (Å²) in [7, 11) is 0. The van der Waals surface area contributed by atoms with Gasteiger partial charge in [-0.25, -0.2) is 0 Å². The van der Waals surface area contributed by atoms with Crippen LogP contribution in [0, 0.1) is 5.41 Å². The van der Waals surface area contributed by atoms with Gasteiger partial charge >= 0.3 is 0 Å². The zero-order chi connectivity index (χ0) is 11.4. The van der Waals surface area contributed by atoms with Gasteiger partial charge in [-0.15, -0.1) is 0 Å². The average Bonchev–Trinajstić information content (AvgIpc) is 1.77. The minimum atomic E-state index is 0.0537. The smallest absolute Gasteiger partial charge is 0.220 e. The first kappa shape index (κ1) is 13.4. The molecule has 1 amide bonds. The summed E-state index contributed by atoms with van der Waals surface area (Å²) in [6.45, 7) is 10.1. The molecule has 0 radical (unpaired) electrons. The molecule has 0 saturated heterocycles. The standard InChI is InChI=1S/C11H24N2O/c1-8(12)6-9(2)13-10(14)7-11(3,4)5/h8-9H,6-7,12H2,1-5H3,(H,13,14). The van der Waals surface area contributed by atoms with Crippen molar-refractivity contribution in [1.82, 2.24) is 5.32 Å². The van der Waals surface area contributed by atoms with Crippen LogP contribution in [0.5, 0.6) is 0 Å². The molecular formula is C11H24N2O. The van der Waals surface area contributed by atoms with Gasteiger partial charge in [-0.3, -0.25) is 4.79 Å². The number of hydrogen-bond donors (Lipinski definition) is 2. The predicted molar refractivity (Wildman–Crippen MR) is 59.9 cm³/mol. The number of nitrogens with two attached hydrogens (primary N) is 1. The van der Waals surface area contributed by atoms with Crippen LogP contribution < -0.4 is 11.1 Å². The van der Waals surface area contributed by atoms with Crippen LogP contribution in [0.3, 0.4) is 0 Å². The van der Waals surface area contributed by atoms with Crippen LogP contribution in [0.4, 0.5) is 0 Å². The van der Waals surface area contributed by atoms with Gasteiger partial charge in [0.25, 0.3) is 0 Å². The summed E-state index contributed by atoms with van der Waals surface area (Å²) in [6, 6.07) is 0.310. The lowest BCUT2D eigenvalue weighted by atomic mass is 9.92.